The number of aliphatic hydroxyl groups excluding tert-OH is 1. The number of nitrogens with zero attached hydrogens (tertiary/aromatic N) is 4. The first-order valence-electron chi connectivity index (χ1n) is 6.00. The monoisotopic (exact) mass is 296 g/mol. The number of carboxylic acids is 1. The van der Waals surface area contributed by atoms with Crippen molar-refractivity contribution in [3.05, 3.63) is 12.7 Å². The minimum absolute atomic E-state index is 0.143. The Morgan fingerprint density at radius 3 is 2.86 bits per heavy atom. The molecule has 0 radical (unpaired) electrons. The lowest BCUT2D eigenvalue weighted by molar-refractivity contribution is -0.155. The summed E-state index contributed by atoms with van der Waals surface area (Å²) >= 11 is 0. The van der Waals surface area contributed by atoms with E-state index in [9.17, 15) is 15.0 Å². The molecule has 10 nitrogen and oxygen atoms in total. The van der Waals surface area contributed by atoms with Crippen LogP contribution >= 0.6 is 0 Å². The molecule has 3 heterocycles. The summed E-state index contributed by atoms with van der Waals surface area (Å²) in [4.78, 5) is 22.6. The van der Waals surface area contributed by atoms with E-state index in [1.807, 2.05) is 0 Å². The van der Waals surface area contributed by atoms with E-state index in [2.05, 4.69) is 15.0 Å². The molecule has 0 aliphatic carbocycles. The molecular weight excluding hydrogens is 284 g/mol. The number of ether oxygens (including phenoxy) is 2. The Labute approximate surface area is 117 Å². The van der Waals surface area contributed by atoms with Crippen LogP contribution in [0.3, 0.4) is 0 Å². The van der Waals surface area contributed by atoms with Crippen LogP contribution in [0.5, 0.6) is 5.88 Å². The van der Waals surface area contributed by atoms with Crippen LogP contribution < -0.4 is 0 Å². The van der Waals surface area contributed by atoms with Crippen LogP contribution in [0.4, 0.5) is 0 Å². The van der Waals surface area contributed by atoms with Gasteiger partial charge < -0.3 is 24.8 Å². The zero-order valence-electron chi connectivity index (χ0n) is 10.8. The summed E-state index contributed by atoms with van der Waals surface area (Å²) in [6, 6.07) is 0. The van der Waals surface area contributed by atoms with Crippen LogP contribution in [0.2, 0.25) is 0 Å². The lowest BCUT2D eigenvalue weighted by atomic mass is 10.1. The molecular formula is C11H12N4O6. The number of hydrogen-bond donors (Lipinski definition) is 3. The Morgan fingerprint density at radius 2 is 2.19 bits per heavy atom. The van der Waals surface area contributed by atoms with Crippen LogP contribution in [0.25, 0.3) is 11.2 Å². The van der Waals surface area contributed by atoms with Crippen molar-refractivity contribution in [1.29, 1.82) is 0 Å². The summed E-state index contributed by atoms with van der Waals surface area (Å²) in [5.74, 6) is -1.60. The smallest absolute Gasteiger partial charge is 0.335 e. The number of aromatic nitrogens is 4. The highest BCUT2D eigenvalue weighted by atomic mass is 16.6. The van der Waals surface area contributed by atoms with Gasteiger partial charge in [0, 0.05) is 7.11 Å². The molecule has 0 bridgehead atoms. The van der Waals surface area contributed by atoms with Crippen LogP contribution in [-0.4, -0.2) is 66.2 Å². The fourth-order valence-electron chi connectivity index (χ4n) is 2.36. The first kappa shape index (κ1) is 13.7. The molecule has 3 rings (SSSR count). The fourth-order valence-corrected chi connectivity index (χ4v) is 2.36. The van der Waals surface area contributed by atoms with E-state index in [0.717, 1.165) is 6.33 Å². The molecule has 0 unspecified atom stereocenters. The quantitative estimate of drug-likeness (QED) is 0.643. The second-order valence-corrected chi connectivity index (χ2v) is 4.50. The first-order valence-corrected chi connectivity index (χ1v) is 6.00. The van der Waals surface area contributed by atoms with Gasteiger partial charge in [0.05, 0.1) is 6.33 Å². The van der Waals surface area contributed by atoms with E-state index < -0.39 is 30.5 Å². The Morgan fingerprint density at radius 1 is 1.43 bits per heavy atom. The number of fused-ring (bicyclic) bond motifs is 1. The van der Waals surface area contributed by atoms with Crippen molar-refractivity contribution in [2.45, 2.75) is 24.5 Å². The van der Waals surface area contributed by atoms with Crippen molar-refractivity contribution in [3.8, 4) is 5.88 Å². The van der Waals surface area contributed by atoms with Crippen LogP contribution in [0.15, 0.2) is 12.7 Å². The van der Waals surface area contributed by atoms with Crippen molar-refractivity contribution >= 4 is 17.1 Å². The average Bonchev–Trinajstić information content (AvgIpc) is 3.00. The minimum atomic E-state index is -1.42. The Bertz CT molecular complexity index is 688. The maximum absolute atomic E-state index is 11.1. The summed E-state index contributed by atoms with van der Waals surface area (Å²) in [7, 11) is 1.33. The lowest BCUT2D eigenvalue weighted by Gasteiger charge is -2.19. The fraction of sp³-hybridized carbons (Fsp3) is 0.455. The number of imidazole rings is 1. The van der Waals surface area contributed by atoms with Crippen LogP contribution in [0, 0.1) is 0 Å². The third-order valence-electron chi connectivity index (χ3n) is 3.34. The van der Waals surface area contributed by atoms with Gasteiger partial charge in [-0.1, -0.05) is 0 Å². The Kier molecular flexibility index (Phi) is 3.20. The number of aliphatic carboxylic acids is 1. The molecule has 2 aromatic rings. The van der Waals surface area contributed by atoms with Crippen molar-refractivity contribution in [1.82, 2.24) is 19.5 Å². The van der Waals surface area contributed by atoms with Crippen molar-refractivity contribution in [2.24, 2.45) is 0 Å². The number of rotatable bonds is 3. The van der Waals surface area contributed by atoms with Gasteiger partial charge in [-0.3, -0.25) is 4.57 Å². The number of methoxy groups -OCH3 is 1. The summed E-state index contributed by atoms with van der Waals surface area (Å²) < 4.78 is 11.8. The summed E-state index contributed by atoms with van der Waals surface area (Å²) in [6.07, 6.45) is -2.17. The highest BCUT2D eigenvalue weighted by Crippen LogP contribution is 2.34. The molecule has 0 spiro atoms. The molecule has 3 N–H and O–H groups in total. The lowest BCUT2D eigenvalue weighted by Crippen LogP contribution is -2.37. The highest BCUT2D eigenvalue weighted by molar-refractivity contribution is 5.76. The van der Waals surface area contributed by atoms with E-state index in [-0.39, 0.29) is 17.0 Å². The molecule has 1 aliphatic heterocycles. The molecule has 0 saturated carbocycles. The number of aliphatic hydroxyl groups is 1. The zero-order chi connectivity index (χ0) is 15.1. The van der Waals surface area contributed by atoms with E-state index >= 15 is 0 Å². The van der Waals surface area contributed by atoms with E-state index in [1.54, 1.807) is 0 Å². The van der Waals surface area contributed by atoms with Gasteiger partial charge in [0.25, 0.3) is 0 Å². The van der Waals surface area contributed by atoms with Gasteiger partial charge in [0.1, 0.15) is 18.5 Å². The first-order chi connectivity index (χ1) is 10.0. The Hall–Kier alpha value is -2.30. The van der Waals surface area contributed by atoms with E-state index in [1.165, 1.54) is 18.0 Å². The molecule has 2 aromatic heterocycles. The normalized spacial score (nSPS) is 29.0. The predicted octanol–water partition coefficient (Wildman–Crippen LogP) is -1.11. The molecule has 1 fully saturated rings. The Balaban J connectivity index is 2.05. The molecule has 21 heavy (non-hydrogen) atoms. The van der Waals surface area contributed by atoms with Gasteiger partial charge in [-0.25, -0.2) is 14.8 Å². The predicted molar refractivity (Wildman–Crippen MR) is 65.3 cm³/mol. The van der Waals surface area contributed by atoms with Gasteiger partial charge in [0.2, 0.25) is 5.88 Å². The summed E-state index contributed by atoms with van der Waals surface area (Å²) in [6.45, 7) is 0. The van der Waals surface area contributed by atoms with Gasteiger partial charge in [0.15, 0.2) is 23.5 Å². The SMILES string of the molecule is CO[C@@H]1[C@H](O)[C@@H](C(=O)O)O[C@H]1n1cnc2c(O)ncnc21. The minimum Gasteiger partial charge on any atom is -0.492 e. The number of carboxylic acid groups (broad SMARTS) is 1. The van der Waals surface area contributed by atoms with Crippen molar-refractivity contribution in [2.75, 3.05) is 7.11 Å². The number of carbonyl (C=O) groups is 1. The largest absolute Gasteiger partial charge is 0.492 e. The third-order valence-corrected chi connectivity index (χ3v) is 3.34. The molecule has 1 aliphatic rings. The van der Waals surface area contributed by atoms with Crippen molar-refractivity contribution in [3.63, 3.8) is 0 Å². The second kappa shape index (κ2) is 4.91. The van der Waals surface area contributed by atoms with E-state index in [0.29, 0.717) is 0 Å². The second-order valence-electron chi connectivity index (χ2n) is 4.50. The van der Waals surface area contributed by atoms with E-state index in [4.69, 9.17) is 14.6 Å². The zero-order valence-corrected chi connectivity index (χ0v) is 10.8. The average molecular weight is 296 g/mol. The molecule has 1 saturated heterocycles. The van der Waals surface area contributed by atoms with Gasteiger partial charge in [-0.15, -0.1) is 0 Å². The molecule has 10 heteroatoms. The molecule has 112 valence electrons. The topological polar surface area (TPSA) is 140 Å². The standard InChI is InChI=1S/C11H12N4O6/c1-20-6-5(16)7(11(18)19)21-10(6)15-3-14-4-8(15)12-2-13-9(4)17/h2-3,5-7,10,16H,1H3,(H,18,19)(H,12,13,17)/t5-,6+,7-,10+/m0/s1. The van der Waals surface area contributed by atoms with Gasteiger partial charge in [-0.2, -0.15) is 4.98 Å². The molecule has 4 atom stereocenters. The van der Waals surface area contributed by atoms with Gasteiger partial charge in [-0.05, 0) is 0 Å². The summed E-state index contributed by atoms with van der Waals surface area (Å²) in [5.41, 5.74) is 0.386. The van der Waals surface area contributed by atoms with Gasteiger partial charge >= 0.3 is 5.97 Å². The maximum Gasteiger partial charge on any atom is 0.335 e. The maximum atomic E-state index is 11.1. The third kappa shape index (κ3) is 2.00. The number of aromatic hydroxyl groups is 1. The highest BCUT2D eigenvalue weighted by Gasteiger charge is 2.49. The summed E-state index contributed by atoms with van der Waals surface area (Å²) in [5, 5.41) is 28.6. The van der Waals surface area contributed by atoms with Crippen molar-refractivity contribution < 1.29 is 29.6 Å². The van der Waals surface area contributed by atoms with Crippen LogP contribution in [-0.2, 0) is 14.3 Å². The molecule has 0 aromatic carbocycles. The van der Waals surface area contributed by atoms with Crippen LogP contribution in [0.1, 0.15) is 6.23 Å². The number of hydrogen-bond acceptors (Lipinski definition) is 8. The molecule has 0 amide bonds.